The van der Waals surface area contributed by atoms with E-state index in [1.165, 1.54) is 0 Å². The fraction of sp³-hybridized carbons (Fsp3) is 0.217. The fourth-order valence-corrected chi connectivity index (χ4v) is 3.58. The van der Waals surface area contributed by atoms with Crippen LogP contribution in [-0.4, -0.2) is 26.7 Å². The van der Waals surface area contributed by atoms with E-state index in [0.717, 1.165) is 36.9 Å². The molecule has 2 heterocycles. The summed E-state index contributed by atoms with van der Waals surface area (Å²) in [5.74, 6) is -0.326. The molecule has 1 aliphatic carbocycles. The summed E-state index contributed by atoms with van der Waals surface area (Å²) in [7, 11) is 0. The van der Waals surface area contributed by atoms with Crippen molar-refractivity contribution in [2.24, 2.45) is 0 Å². The molecule has 0 aliphatic heterocycles. The van der Waals surface area contributed by atoms with E-state index in [4.69, 9.17) is 5.10 Å². The molecule has 0 bridgehead atoms. The van der Waals surface area contributed by atoms with Crippen LogP contribution in [0.5, 0.6) is 0 Å². The Morgan fingerprint density at radius 2 is 1.86 bits per heavy atom. The highest BCUT2D eigenvalue weighted by atomic mass is 16.1. The maximum absolute atomic E-state index is 12.6. The molecule has 1 amide bonds. The number of nitrogens with one attached hydrogen (secondary N) is 1. The standard InChI is InChI=1S/C23H21N5O/c24-15-18(23(29)26-20-6-4-5-7-20)14-19-16-28(21-8-2-1-3-9-21)27-22(19)17-10-12-25-13-11-17/h1-3,8-14,16,20H,4-7H2,(H,26,29). The molecule has 144 valence electrons. The Kier molecular flexibility index (Phi) is 5.48. The van der Waals surface area contributed by atoms with Gasteiger partial charge in [-0.2, -0.15) is 10.4 Å². The van der Waals surface area contributed by atoms with Crippen molar-refractivity contribution in [2.45, 2.75) is 31.7 Å². The van der Waals surface area contributed by atoms with E-state index in [9.17, 15) is 10.1 Å². The van der Waals surface area contributed by atoms with Gasteiger partial charge in [-0.1, -0.05) is 31.0 Å². The van der Waals surface area contributed by atoms with Gasteiger partial charge in [0.15, 0.2) is 0 Å². The van der Waals surface area contributed by atoms with Crippen molar-refractivity contribution >= 4 is 12.0 Å². The third-order valence-corrected chi connectivity index (χ3v) is 5.07. The predicted octanol–water partition coefficient (Wildman–Crippen LogP) is 3.90. The van der Waals surface area contributed by atoms with E-state index in [-0.39, 0.29) is 17.5 Å². The summed E-state index contributed by atoms with van der Waals surface area (Å²) < 4.78 is 1.76. The van der Waals surface area contributed by atoms with Gasteiger partial charge in [0.2, 0.25) is 0 Å². The van der Waals surface area contributed by atoms with Gasteiger partial charge in [-0.15, -0.1) is 0 Å². The van der Waals surface area contributed by atoms with Crippen molar-refractivity contribution in [3.63, 3.8) is 0 Å². The first-order valence-electron chi connectivity index (χ1n) is 9.73. The Hall–Kier alpha value is -3.72. The molecule has 2 aromatic heterocycles. The van der Waals surface area contributed by atoms with Crippen molar-refractivity contribution in [3.05, 3.63) is 72.2 Å². The lowest BCUT2D eigenvalue weighted by molar-refractivity contribution is -0.117. The molecule has 1 aromatic carbocycles. The van der Waals surface area contributed by atoms with Crippen LogP contribution >= 0.6 is 0 Å². The second kappa shape index (κ2) is 8.53. The van der Waals surface area contributed by atoms with Crippen molar-refractivity contribution in [1.82, 2.24) is 20.1 Å². The normalized spacial score (nSPS) is 14.5. The highest BCUT2D eigenvalue weighted by Crippen LogP contribution is 2.25. The molecule has 3 aromatic rings. The van der Waals surface area contributed by atoms with Gasteiger partial charge >= 0.3 is 0 Å². The zero-order valence-electron chi connectivity index (χ0n) is 16.0. The lowest BCUT2D eigenvalue weighted by Gasteiger charge is -2.10. The summed E-state index contributed by atoms with van der Waals surface area (Å²) in [6.45, 7) is 0. The van der Waals surface area contributed by atoms with Crippen molar-refractivity contribution in [3.8, 4) is 23.0 Å². The Balaban J connectivity index is 1.72. The van der Waals surface area contributed by atoms with Gasteiger partial charge in [0.05, 0.1) is 5.69 Å². The van der Waals surface area contributed by atoms with E-state index in [2.05, 4.69) is 16.4 Å². The minimum absolute atomic E-state index is 0.0832. The van der Waals surface area contributed by atoms with E-state index in [0.29, 0.717) is 11.3 Å². The first kappa shape index (κ1) is 18.6. The van der Waals surface area contributed by atoms with Gasteiger partial charge in [-0.25, -0.2) is 4.68 Å². The zero-order valence-corrected chi connectivity index (χ0v) is 16.0. The minimum atomic E-state index is -0.326. The van der Waals surface area contributed by atoms with Crippen LogP contribution in [0.15, 0.2) is 66.6 Å². The Labute approximate surface area is 169 Å². The average Bonchev–Trinajstić information content (AvgIpc) is 3.43. The molecule has 29 heavy (non-hydrogen) atoms. The Bertz CT molecular complexity index is 1060. The minimum Gasteiger partial charge on any atom is -0.349 e. The molecule has 1 N–H and O–H groups in total. The summed E-state index contributed by atoms with van der Waals surface area (Å²) in [5, 5.41) is 17.3. The van der Waals surface area contributed by atoms with Gasteiger partial charge in [-0.05, 0) is 43.2 Å². The van der Waals surface area contributed by atoms with Crippen LogP contribution < -0.4 is 5.32 Å². The number of amides is 1. The van der Waals surface area contributed by atoms with Crippen LogP contribution in [0.2, 0.25) is 0 Å². The number of rotatable bonds is 5. The van der Waals surface area contributed by atoms with Crippen LogP contribution in [-0.2, 0) is 4.79 Å². The monoisotopic (exact) mass is 383 g/mol. The summed E-state index contributed by atoms with van der Waals surface area (Å²) in [5.41, 5.74) is 3.25. The quantitative estimate of drug-likeness (QED) is 0.535. The smallest absolute Gasteiger partial charge is 0.262 e. The molecule has 1 fully saturated rings. The number of hydrogen-bond donors (Lipinski definition) is 1. The summed E-state index contributed by atoms with van der Waals surface area (Å²) in [6.07, 6.45) is 11.0. The molecule has 1 saturated carbocycles. The number of hydrogen-bond acceptors (Lipinski definition) is 4. The van der Waals surface area contributed by atoms with Gasteiger partial charge in [0.25, 0.3) is 5.91 Å². The zero-order chi connectivity index (χ0) is 20.1. The predicted molar refractivity (Wildman–Crippen MR) is 111 cm³/mol. The maximum atomic E-state index is 12.6. The largest absolute Gasteiger partial charge is 0.349 e. The number of benzene rings is 1. The Morgan fingerprint density at radius 3 is 2.55 bits per heavy atom. The third-order valence-electron chi connectivity index (χ3n) is 5.07. The summed E-state index contributed by atoms with van der Waals surface area (Å²) in [4.78, 5) is 16.7. The van der Waals surface area contributed by atoms with Gasteiger partial charge in [-0.3, -0.25) is 9.78 Å². The maximum Gasteiger partial charge on any atom is 0.262 e. The van der Waals surface area contributed by atoms with Crippen LogP contribution in [0.25, 0.3) is 23.0 Å². The number of carbonyl (C=O) groups is 1. The van der Waals surface area contributed by atoms with Crippen LogP contribution in [0.4, 0.5) is 0 Å². The highest BCUT2D eigenvalue weighted by molar-refractivity contribution is 6.02. The van der Waals surface area contributed by atoms with E-state index < -0.39 is 0 Å². The van der Waals surface area contributed by atoms with Crippen LogP contribution in [0, 0.1) is 11.3 Å². The lowest BCUT2D eigenvalue weighted by atomic mass is 10.1. The first-order chi connectivity index (χ1) is 14.2. The molecule has 1 aliphatic rings. The molecule has 0 saturated heterocycles. The molecule has 6 heteroatoms. The molecule has 0 spiro atoms. The van der Waals surface area contributed by atoms with Crippen molar-refractivity contribution < 1.29 is 4.79 Å². The summed E-state index contributed by atoms with van der Waals surface area (Å²) >= 11 is 0. The van der Waals surface area contributed by atoms with Crippen molar-refractivity contribution in [1.29, 1.82) is 5.26 Å². The SMILES string of the molecule is N#CC(=Cc1cn(-c2ccccc2)nc1-c1ccncc1)C(=O)NC1CCCC1. The third kappa shape index (κ3) is 4.25. The molecule has 0 radical (unpaired) electrons. The van der Waals surface area contributed by atoms with E-state index in [1.54, 1.807) is 23.2 Å². The number of para-hydroxylation sites is 1. The van der Waals surface area contributed by atoms with Crippen LogP contribution in [0.3, 0.4) is 0 Å². The van der Waals surface area contributed by atoms with E-state index >= 15 is 0 Å². The fourth-order valence-electron chi connectivity index (χ4n) is 3.58. The second-order valence-electron chi connectivity index (χ2n) is 7.07. The highest BCUT2D eigenvalue weighted by Gasteiger charge is 2.20. The second-order valence-corrected chi connectivity index (χ2v) is 7.07. The van der Waals surface area contributed by atoms with E-state index in [1.807, 2.05) is 48.7 Å². The molecule has 0 atom stereocenters. The number of aromatic nitrogens is 3. The van der Waals surface area contributed by atoms with Crippen molar-refractivity contribution in [2.75, 3.05) is 0 Å². The average molecular weight is 383 g/mol. The first-order valence-corrected chi connectivity index (χ1v) is 9.73. The number of nitriles is 1. The molecule has 4 rings (SSSR count). The number of carbonyl (C=O) groups excluding carboxylic acids is 1. The number of pyridine rings is 1. The molecule has 0 unspecified atom stereocenters. The Morgan fingerprint density at radius 1 is 1.14 bits per heavy atom. The topological polar surface area (TPSA) is 83.6 Å². The van der Waals surface area contributed by atoms with Gasteiger partial charge in [0, 0.05) is 35.8 Å². The number of nitrogens with zero attached hydrogens (tertiary/aromatic N) is 4. The lowest BCUT2D eigenvalue weighted by Crippen LogP contribution is -2.33. The molecular weight excluding hydrogens is 362 g/mol. The van der Waals surface area contributed by atoms with Crippen LogP contribution in [0.1, 0.15) is 31.2 Å². The summed E-state index contributed by atoms with van der Waals surface area (Å²) in [6, 6.07) is 15.7. The van der Waals surface area contributed by atoms with Gasteiger partial charge < -0.3 is 5.32 Å². The molecular formula is C23H21N5O. The molecule has 6 nitrogen and oxygen atoms in total. The van der Waals surface area contributed by atoms with Gasteiger partial charge in [0.1, 0.15) is 17.3 Å².